The number of hydrogen-bond acceptors (Lipinski definition) is 3. The van der Waals surface area contributed by atoms with Crippen LogP contribution in [0.2, 0.25) is 0 Å². The Hall–Kier alpha value is -2.37. The molecule has 0 aromatic heterocycles. The molecular formula is C17H20N2O4. The first kappa shape index (κ1) is 15.5. The third kappa shape index (κ3) is 3.36. The zero-order valence-electron chi connectivity index (χ0n) is 12.9. The van der Waals surface area contributed by atoms with E-state index in [2.05, 4.69) is 0 Å². The van der Waals surface area contributed by atoms with Gasteiger partial charge in [-0.1, -0.05) is 24.3 Å². The van der Waals surface area contributed by atoms with Gasteiger partial charge in [-0.15, -0.1) is 0 Å². The average molecular weight is 316 g/mol. The van der Waals surface area contributed by atoms with Crippen LogP contribution >= 0.6 is 0 Å². The topological polar surface area (TPSA) is 77.9 Å². The van der Waals surface area contributed by atoms with Gasteiger partial charge in [-0.05, 0) is 17.5 Å². The van der Waals surface area contributed by atoms with E-state index < -0.39 is 11.9 Å². The molecule has 2 amide bonds. The van der Waals surface area contributed by atoms with Crippen LogP contribution < -0.4 is 0 Å². The highest BCUT2D eigenvalue weighted by molar-refractivity contribution is 5.86. The lowest BCUT2D eigenvalue weighted by atomic mass is 10.1. The van der Waals surface area contributed by atoms with Crippen LogP contribution in [-0.4, -0.2) is 45.8 Å². The van der Waals surface area contributed by atoms with Crippen LogP contribution in [0.3, 0.4) is 0 Å². The molecule has 0 aliphatic carbocycles. The van der Waals surface area contributed by atoms with Crippen LogP contribution in [0.15, 0.2) is 24.3 Å². The van der Waals surface area contributed by atoms with Crippen LogP contribution in [0.4, 0.5) is 0 Å². The minimum atomic E-state index is -0.920. The molecule has 2 aliphatic rings. The number of aliphatic carboxylic acids is 1. The summed E-state index contributed by atoms with van der Waals surface area (Å²) in [5, 5.41) is 9.07. The number of hydrogen-bond donors (Lipinski definition) is 1. The van der Waals surface area contributed by atoms with Crippen molar-refractivity contribution >= 4 is 17.8 Å². The summed E-state index contributed by atoms with van der Waals surface area (Å²) < 4.78 is 0. The predicted molar refractivity (Wildman–Crippen MR) is 82.3 cm³/mol. The van der Waals surface area contributed by atoms with Gasteiger partial charge in [0.25, 0.3) is 0 Å². The summed E-state index contributed by atoms with van der Waals surface area (Å²) in [6.07, 6.45) is 1.57. The summed E-state index contributed by atoms with van der Waals surface area (Å²) in [5.74, 6) is -1.49. The van der Waals surface area contributed by atoms with E-state index in [0.29, 0.717) is 19.5 Å². The Bertz CT molecular complexity index is 643. The van der Waals surface area contributed by atoms with Gasteiger partial charge in [-0.2, -0.15) is 0 Å². The molecule has 122 valence electrons. The second kappa shape index (κ2) is 6.40. The number of rotatable bonds is 5. The van der Waals surface area contributed by atoms with Gasteiger partial charge < -0.3 is 14.9 Å². The molecule has 2 aliphatic heterocycles. The number of benzene rings is 1. The second-order valence-corrected chi connectivity index (χ2v) is 6.20. The molecule has 6 heteroatoms. The molecule has 1 aromatic carbocycles. The fraction of sp³-hybridized carbons (Fsp3) is 0.471. The molecule has 3 rings (SSSR count). The Morgan fingerprint density at radius 2 is 1.74 bits per heavy atom. The van der Waals surface area contributed by atoms with E-state index >= 15 is 0 Å². The molecule has 1 N–H and O–H groups in total. The summed E-state index contributed by atoms with van der Waals surface area (Å²) in [6.45, 7) is 1.99. The molecule has 0 saturated carbocycles. The predicted octanol–water partition coefficient (Wildman–Crippen LogP) is 1.24. The minimum Gasteiger partial charge on any atom is -0.481 e. The van der Waals surface area contributed by atoms with Crippen molar-refractivity contribution in [3.8, 4) is 0 Å². The molecule has 0 radical (unpaired) electrons. The van der Waals surface area contributed by atoms with Crippen molar-refractivity contribution < 1.29 is 19.5 Å². The fourth-order valence-electron chi connectivity index (χ4n) is 3.24. The van der Waals surface area contributed by atoms with E-state index in [1.165, 1.54) is 0 Å². The molecule has 2 heterocycles. The van der Waals surface area contributed by atoms with E-state index in [4.69, 9.17) is 5.11 Å². The van der Waals surface area contributed by atoms with Gasteiger partial charge in [0.2, 0.25) is 11.8 Å². The fourth-order valence-corrected chi connectivity index (χ4v) is 3.24. The first-order chi connectivity index (χ1) is 11.0. The van der Waals surface area contributed by atoms with Gasteiger partial charge in [0.15, 0.2) is 0 Å². The second-order valence-electron chi connectivity index (χ2n) is 6.20. The van der Waals surface area contributed by atoms with Crippen molar-refractivity contribution in [1.29, 1.82) is 0 Å². The highest BCUT2D eigenvalue weighted by Gasteiger charge is 2.34. The molecule has 1 atom stereocenters. The van der Waals surface area contributed by atoms with Crippen molar-refractivity contribution in [1.82, 2.24) is 9.80 Å². The molecule has 2 fully saturated rings. The van der Waals surface area contributed by atoms with Gasteiger partial charge in [-0.25, -0.2) is 0 Å². The van der Waals surface area contributed by atoms with Gasteiger partial charge in [0.1, 0.15) is 0 Å². The normalized spacial score (nSPS) is 21.3. The van der Waals surface area contributed by atoms with Gasteiger partial charge in [0.05, 0.1) is 5.92 Å². The molecule has 0 bridgehead atoms. The molecule has 23 heavy (non-hydrogen) atoms. The maximum atomic E-state index is 12.0. The van der Waals surface area contributed by atoms with Crippen LogP contribution in [-0.2, 0) is 27.5 Å². The lowest BCUT2D eigenvalue weighted by molar-refractivity contribution is -0.141. The van der Waals surface area contributed by atoms with Crippen molar-refractivity contribution in [3.05, 3.63) is 35.4 Å². The van der Waals surface area contributed by atoms with Gasteiger partial charge in [-0.3, -0.25) is 14.4 Å². The highest BCUT2D eigenvalue weighted by atomic mass is 16.4. The lowest BCUT2D eigenvalue weighted by Crippen LogP contribution is -2.28. The number of carboxylic acid groups (broad SMARTS) is 1. The molecule has 6 nitrogen and oxygen atoms in total. The number of amides is 2. The third-order valence-corrected chi connectivity index (χ3v) is 4.58. The first-order valence-corrected chi connectivity index (χ1v) is 7.89. The molecular weight excluding hydrogens is 296 g/mol. The van der Waals surface area contributed by atoms with E-state index in [1.54, 1.807) is 4.90 Å². The zero-order valence-corrected chi connectivity index (χ0v) is 12.9. The van der Waals surface area contributed by atoms with Crippen LogP contribution in [0.25, 0.3) is 0 Å². The van der Waals surface area contributed by atoms with E-state index in [1.807, 2.05) is 29.2 Å². The lowest BCUT2D eigenvalue weighted by Gasteiger charge is -2.21. The van der Waals surface area contributed by atoms with Crippen molar-refractivity contribution in [3.63, 3.8) is 0 Å². The van der Waals surface area contributed by atoms with Gasteiger partial charge in [0, 0.05) is 39.0 Å². The van der Waals surface area contributed by atoms with Crippen molar-refractivity contribution in [2.24, 2.45) is 5.92 Å². The Labute approximate surface area is 134 Å². The van der Waals surface area contributed by atoms with Crippen molar-refractivity contribution in [2.45, 2.75) is 32.4 Å². The molecule has 0 spiro atoms. The minimum absolute atomic E-state index is 0.0715. The maximum Gasteiger partial charge on any atom is 0.308 e. The van der Waals surface area contributed by atoms with Crippen LogP contribution in [0, 0.1) is 5.92 Å². The summed E-state index contributed by atoms with van der Waals surface area (Å²) in [7, 11) is 0. The van der Waals surface area contributed by atoms with E-state index in [0.717, 1.165) is 24.1 Å². The summed E-state index contributed by atoms with van der Waals surface area (Å²) in [4.78, 5) is 38.3. The smallest absolute Gasteiger partial charge is 0.308 e. The largest absolute Gasteiger partial charge is 0.481 e. The molecule has 0 unspecified atom stereocenters. The number of carbonyl (C=O) groups is 3. The van der Waals surface area contributed by atoms with Crippen LogP contribution in [0.5, 0.6) is 0 Å². The summed E-state index contributed by atoms with van der Waals surface area (Å²) in [5.41, 5.74) is 2.00. The van der Waals surface area contributed by atoms with E-state index in [9.17, 15) is 14.4 Å². The zero-order chi connectivity index (χ0) is 16.4. The monoisotopic (exact) mass is 316 g/mol. The Kier molecular flexibility index (Phi) is 4.32. The number of likely N-dealkylation sites (tertiary alicyclic amines) is 2. The highest BCUT2D eigenvalue weighted by Crippen LogP contribution is 2.23. The average Bonchev–Trinajstić information content (AvgIpc) is 3.08. The number of carboxylic acids is 1. The third-order valence-electron chi connectivity index (χ3n) is 4.58. The first-order valence-electron chi connectivity index (χ1n) is 7.89. The maximum absolute atomic E-state index is 12.0. The van der Waals surface area contributed by atoms with Crippen LogP contribution in [0.1, 0.15) is 30.4 Å². The Morgan fingerprint density at radius 1 is 1.09 bits per heavy atom. The quantitative estimate of drug-likeness (QED) is 0.886. The SMILES string of the molecule is O=C(O)[C@H]1CC(=O)N(Cc2ccccc2CN2CCCC2=O)C1. The molecule has 2 saturated heterocycles. The Morgan fingerprint density at radius 3 is 2.26 bits per heavy atom. The number of carbonyl (C=O) groups excluding carboxylic acids is 2. The van der Waals surface area contributed by atoms with E-state index in [-0.39, 0.29) is 24.8 Å². The van der Waals surface area contributed by atoms with Crippen molar-refractivity contribution in [2.75, 3.05) is 13.1 Å². The van der Waals surface area contributed by atoms with Gasteiger partial charge >= 0.3 is 5.97 Å². The molecule has 1 aromatic rings. The standard InChI is InChI=1S/C17H20N2O4/c20-15-6-3-7-18(15)9-12-4-1-2-5-13(12)10-19-11-14(17(22)23)8-16(19)21/h1-2,4-5,14H,3,6-11H2,(H,22,23)/t14-/m0/s1. The Balaban J connectivity index is 1.72. The number of nitrogens with zero attached hydrogens (tertiary/aromatic N) is 2. The summed E-state index contributed by atoms with van der Waals surface area (Å²) >= 11 is 0. The summed E-state index contributed by atoms with van der Waals surface area (Å²) in [6, 6.07) is 7.73.